The number of para-hydroxylation sites is 1. The zero-order valence-electron chi connectivity index (χ0n) is 10.6. The molecule has 2 aromatic rings. The van der Waals surface area contributed by atoms with Crippen LogP contribution < -0.4 is 10.5 Å². The van der Waals surface area contributed by atoms with Gasteiger partial charge in [0.1, 0.15) is 5.75 Å². The van der Waals surface area contributed by atoms with Gasteiger partial charge in [0, 0.05) is 0 Å². The lowest BCUT2D eigenvalue weighted by Crippen LogP contribution is -1.95. The van der Waals surface area contributed by atoms with E-state index >= 15 is 0 Å². The molecule has 0 saturated carbocycles. The highest BCUT2D eigenvalue weighted by Crippen LogP contribution is 2.32. The van der Waals surface area contributed by atoms with Crippen molar-refractivity contribution in [3.05, 3.63) is 53.1 Å². The zero-order valence-corrected chi connectivity index (χ0v) is 10.6. The van der Waals surface area contributed by atoms with Gasteiger partial charge in [0.25, 0.3) is 0 Å². The van der Waals surface area contributed by atoms with Crippen molar-refractivity contribution < 1.29 is 4.74 Å². The van der Waals surface area contributed by atoms with E-state index in [4.69, 9.17) is 10.5 Å². The Morgan fingerprint density at radius 3 is 2.78 bits per heavy atom. The van der Waals surface area contributed by atoms with E-state index in [9.17, 15) is 0 Å². The monoisotopic (exact) mass is 239 g/mol. The third-order valence-electron chi connectivity index (χ3n) is 3.58. The summed E-state index contributed by atoms with van der Waals surface area (Å²) in [5, 5.41) is 0. The zero-order chi connectivity index (χ0) is 12.5. The van der Waals surface area contributed by atoms with Gasteiger partial charge in [-0.2, -0.15) is 0 Å². The number of aryl methyl sites for hydroxylation is 3. The van der Waals surface area contributed by atoms with E-state index < -0.39 is 0 Å². The van der Waals surface area contributed by atoms with Gasteiger partial charge in [-0.25, -0.2) is 0 Å². The largest absolute Gasteiger partial charge is 0.455 e. The van der Waals surface area contributed by atoms with Crippen molar-refractivity contribution in [2.75, 3.05) is 5.73 Å². The summed E-state index contributed by atoms with van der Waals surface area (Å²) in [5.74, 6) is 1.63. The van der Waals surface area contributed by atoms with Gasteiger partial charge in [-0.15, -0.1) is 0 Å². The number of hydrogen-bond acceptors (Lipinski definition) is 2. The molecule has 0 saturated heterocycles. The summed E-state index contributed by atoms with van der Waals surface area (Å²) in [6, 6.07) is 12.2. The van der Waals surface area contributed by atoms with Crippen LogP contribution in [0.2, 0.25) is 0 Å². The maximum atomic E-state index is 6.02. The van der Waals surface area contributed by atoms with Crippen molar-refractivity contribution in [2.45, 2.75) is 26.2 Å². The normalized spacial score (nSPS) is 13.4. The van der Waals surface area contributed by atoms with E-state index in [1.807, 2.05) is 31.2 Å². The van der Waals surface area contributed by atoms with Crippen molar-refractivity contribution >= 4 is 5.69 Å². The van der Waals surface area contributed by atoms with Crippen molar-refractivity contribution in [1.82, 2.24) is 0 Å². The van der Waals surface area contributed by atoms with Crippen molar-refractivity contribution in [3.8, 4) is 11.5 Å². The Balaban J connectivity index is 1.90. The summed E-state index contributed by atoms with van der Waals surface area (Å²) in [4.78, 5) is 0. The van der Waals surface area contributed by atoms with Crippen LogP contribution in [0.3, 0.4) is 0 Å². The highest BCUT2D eigenvalue weighted by molar-refractivity contribution is 5.59. The molecule has 0 radical (unpaired) electrons. The minimum Gasteiger partial charge on any atom is -0.455 e. The Bertz CT molecular complexity index is 590. The molecule has 0 aliphatic heterocycles. The van der Waals surface area contributed by atoms with Crippen LogP contribution in [0.4, 0.5) is 5.69 Å². The third-order valence-corrected chi connectivity index (χ3v) is 3.58. The van der Waals surface area contributed by atoms with Crippen LogP contribution in [-0.4, -0.2) is 0 Å². The lowest BCUT2D eigenvalue weighted by Gasteiger charge is -2.11. The predicted molar refractivity (Wildman–Crippen MR) is 74.1 cm³/mol. The molecule has 0 fully saturated rings. The fourth-order valence-electron chi connectivity index (χ4n) is 2.48. The molecule has 2 heteroatoms. The molecule has 0 atom stereocenters. The van der Waals surface area contributed by atoms with E-state index in [-0.39, 0.29) is 0 Å². The van der Waals surface area contributed by atoms with Crippen LogP contribution in [-0.2, 0) is 12.8 Å². The van der Waals surface area contributed by atoms with Crippen LogP contribution >= 0.6 is 0 Å². The average molecular weight is 239 g/mol. The number of fused-ring (bicyclic) bond motifs is 1. The van der Waals surface area contributed by atoms with Crippen molar-refractivity contribution in [2.24, 2.45) is 0 Å². The van der Waals surface area contributed by atoms with Crippen molar-refractivity contribution in [3.63, 3.8) is 0 Å². The van der Waals surface area contributed by atoms with Crippen LogP contribution in [0.15, 0.2) is 36.4 Å². The fraction of sp³-hybridized carbons (Fsp3) is 0.250. The van der Waals surface area contributed by atoms with E-state index in [0.717, 1.165) is 29.2 Å². The van der Waals surface area contributed by atoms with Gasteiger partial charge in [-0.3, -0.25) is 0 Å². The summed E-state index contributed by atoms with van der Waals surface area (Å²) >= 11 is 0. The van der Waals surface area contributed by atoms with Crippen LogP contribution in [0.1, 0.15) is 23.1 Å². The van der Waals surface area contributed by atoms with E-state index in [1.54, 1.807) is 0 Å². The quantitative estimate of drug-likeness (QED) is 0.808. The molecule has 3 rings (SSSR count). The molecule has 2 aromatic carbocycles. The highest BCUT2D eigenvalue weighted by atomic mass is 16.5. The molecule has 92 valence electrons. The Morgan fingerprint density at radius 1 is 1.06 bits per heavy atom. The SMILES string of the molecule is Cc1cccc(Oc2ccc3c(c2)CCC3)c1N. The first-order chi connectivity index (χ1) is 8.74. The van der Waals surface area contributed by atoms with E-state index in [1.165, 1.54) is 24.0 Å². The molecule has 0 bridgehead atoms. The highest BCUT2D eigenvalue weighted by Gasteiger charge is 2.12. The molecule has 0 heterocycles. The molecule has 0 aromatic heterocycles. The Morgan fingerprint density at radius 2 is 1.89 bits per heavy atom. The summed E-state index contributed by atoms with van der Waals surface area (Å²) in [6.07, 6.45) is 3.61. The fourth-order valence-corrected chi connectivity index (χ4v) is 2.48. The van der Waals surface area contributed by atoms with Crippen LogP contribution in [0.25, 0.3) is 0 Å². The number of nitrogens with two attached hydrogens (primary N) is 1. The number of nitrogen functional groups attached to an aromatic ring is 1. The first-order valence-electron chi connectivity index (χ1n) is 6.39. The van der Waals surface area contributed by atoms with Crippen LogP contribution in [0.5, 0.6) is 11.5 Å². The number of rotatable bonds is 2. The number of anilines is 1. The molecular formula is C16H17NO. The first kappa shape index (κ1) is 11.1. The summed E-state index contributed by atoms with van der Waals surface area (Å²) in [7, 11) is 0. The minimum absolute atomic E-state index is 0.720. The lowest BCUT2D eigenvalue weighted by molar-refractivity contribution is 0.484. The first-order valence-corrected chi connectivity index (χ1v) is 6.39. The van der Waals surface area contributed by atoms with Gasteiger partial charge in [0.15, 0.2) is 5.75 Å². The minimum atomic E-state index is 0.720. The summed E-state index contributed by atoms with van der Waals surface area (Å²) in [6.45, 7) is 1.99. The molecule has 0 amide bonds. The van der Waals surface area contributed by atoms with Gasteiger partial charge >= 0.3 is 0 Å². The summed E-state index contributed by atoms with van der Waals surface area (Å²) < 4.78 is 5.89. The summed E-state index contributed by atoms with van der Waals surface area (Å²) in [5.41, 5.74) is 10.7. The second-order valence-electron chi connectivity index (χ2n) is 4.87. The van der Waals surface area contributed by atoms with Crippen LogP contribution in [0, 0.1) is 6.92 Å². The Kier molecular flexibility index (Phi) is 2.71. The standard InChI is InChI=1S/C16H17NO/c1-11-4-2-7-15(16(11)17)18-14-9-8-12-5-3-6-13(12)10-14/h2,4,7-10H,3,5-6,17H2,1H3. The number of ether oxygens (including phenoxy) is 1. The Hall–Kier alpha value is -1.96. The molecule has 0 spiro atoms. The molecule has 1 aliphatic rings. The molecule has 1 aliphatic carbocycles. The van der Waals surface area contributed by atoms with Gasteiger partial charge in [-0.05, 0) is 61.1 Å². The number of hydrogen-bond donors (Lipinski definition) is 1. The Labute approximate surface area is 107 Å². The predicted octanol–water partition coefficient (Wildman–Crippen LogP) is 3.86. The van der Waals surface area contributed by atoms with E-state index in [0.29, 0.717) is 0 Å². The van der Waals surface area contributed by atoms with Gasteiger partial charge < -0.3 is 10.5 Å². The topological polar surface area (TPSA) is 35.2 Å². The molecule has 2 nitrogen and oxygen atoms in total. The van der Waals surface area contributed by atoms with E-state index in [2.05, 4.69) is 12.1 Å². The van der Waals surface area contributed by atoms with Crippen molar-refractivity contribution in [1.29, 1.82) is 0 Å². The molecule has 0 unspecified atom stereocenters. The second kappa shape index (κ2) is 4.37. The van der Waals surface area contributed by atoms with Gasteiger partial charge in [0.05, 0.1) is 5.69 Å². The maximum absolute atomic E-state index is 6.02. The molecular weight excluding hydrogens is 222 g/mol. The maximum Gasteiger partial charge on any atom is 0.150 e. The second-order valence-corrected chi connectivity index (χ2v) is 4.87. The third kappa shape index (κ3) is 1.94. The van der Waals surface area contributed by atoms with Gasteiger partial charge in [-0.1, -0.05) is 18.2 Å². The lowest BCUT2D eigenvalue weighted by atomic mass is 10.1. The smallest absolute Gasteiger partial charge is 0.150 e. The van der Waals surface area contributed by atoms with Gasteiger partial charge in [0.2, 0.25) is 0 Å². The average Bonchev–Trinajstić information content (AvgIpc) is 2.82. The molecule has 2 N–H and O–H groups in total. The number of benzene rings is 2. The molecule has 18 heavy (non-hydrogen) atoms.